The fourth-order valence-corrected chi connectivity index (χ4v) is 3.44. The molecule has 1 aliphatic heterocycles. The number of aromatic nitrogens is 1. The van der Waals surface area contributed by atoms with Crippen LogP contribution in [-0.2, 0) is 11.3 Å². The van der Waals surface area contributed by atoms with Crippen molar-refractivity contribution in [3.63, 3.8) is 0 Å². The van der Waals surface area contributed by atoms with Crippen LogP contribution in [0.3, 0.4) is 0 Å². The average molecular weight is 503 g/mol. The van der Waals surface area contributed by atoms with E-state index in [1.807, 2.05) is 6.20 Å². The Morgan fingerprint density at radius 1 is 1.25 bits per heavy atom. The number of morpholine rings is 1. The van der Waals surface area contributed by atoms with Gasteiger partial charge < -0.3 is 20.7 Å². The van der Waals surface area contributed by atoms with E-state index < -0.39 is 0 Å². The van der Waals surface area contributed by atoms with E-state index in [1.165, 1.54) is 12.8 Å². The number of rotatable bonds is 8. The third-order valence-corrected chi connectivity index (χ3v) is 4.80. The number of nitrogens with zero attached hydrogens (tertiary/aromatic N) is 3. The molecule has 3 N–H and O–H groups in total. The third-order valence-electron chi connectivity index (χ3n) is 4.80. The summed E-state index contributed by atoms with van der Waals surface area (Å²) in [6, 6.07) is 4.49. The Morgan fingerprint density at radius 3 is 2.50 bits per heavy atom. The van der Waals surface area contributed by atoms with E-state index in [2.05, 4.69) is 66.9 Å². The standard InChI is InChI=1S/C21H37N5O.HI/c1-15(2)7-6-8-16(3)25-21(22)24-12-19-9-10-20(23-11-19)26-13-17(4)27-18(5)14-26;/h9-11,15-18H,6-8,12-14H2,1-5H3,(H3,22,24,25);1H. The molecule has 0 aliphatic carbocycles. The van der Waals surface area contributed by atoms with Gasteiger partial charge in [-0.05, 0) is 44.7 Å². The second kappa shape index (κ2) is 12.5. The van der Waals surface area contributed by atoms with Crippen molar-refractivity contribution >= 4 is 35.8 Å². The molecule has 1 aromatic heterocycles. The molecule has 0 radical (unpaired) electrons. The second-order valence-corrected chi connectivity index (χ2v) is 8.26. The molecular weight excluding hydrogens is 465 g/mol. The first kappa shape index (κ1) is 24.9. The fraction of sp³-hybridized carbons (Fsp3) is 0.714. The smallest absolute Gasteiger partial charge is 0.189 e. The highest BCUT2D eigenvalue weighted by Crippen LogP contribution is 2.18. The highest BCUT2D eigenvalue weighted by molar-refractivity contribution is 14.0. The molecule has 1 aliphatic rings. The second-order valence-electron chi connectivity index (χ2n) is 8.26. The lowest BCUT2D eigenvalue weighted by Gasteiger charge is -2.36. The first-order valence-electron chi connectivity index (χ1n) is 10.2. The molecule has 3 atom stereocenters. The third kappa shape index (κ3) is 8.94. The number of guanidine groups is 1. The molecule has 7 heteroatoms. The molecule has 0 aromatic carbocycles. The van der Waals surface area contributed by atoms with Crippen molar-refractivity contribution in [2.24, 2.45) is 16.6 Å². The summed E-state index contributed by atoms with van der Waals surface area (Å²) < 4.78 is 5.79. The zero-order chi connectivity index (χ0) is 19.8. The Kier molecular flexibility index (Phi) is 11.1. The van der Waals surface area contributed by atoms with Crippen molar-refractivity contribution in [2.75, 3.05) is 18.0 Å². The molecule has 0 bridgehead atoms. The fourth-order valence-electron chi connectivity index (χ4n) is 3.44. The Balaban J connectivity index is 0.00000392. The number of ether oxygens (including phenoxy) is 1. The molecule has 1 fully saturated rings. The van der Waals surface area contributed by atoms with Crippen LogP contribution in [-0.4, -0.2) is 42.3 Å². The van der Waals surface area contributed by atoms with E-state index in [1.54, 1.807) is 0 Å². The largest absolute Gasteiger partial charge is 0.372 e. The zero-order valence-corrected chi connectivity index (χ0v) is 20.3. The Labute approximate surface area is 187 Å². The van der Waals surface area contributed by atoms with E-state index >= 15 is 0 Å². The Hall–Kier alpha value is -1.09. The first-order valence-corrected chi connectivity index (χ1v) is 10.2. The lowest BCUT2D eigenvalue weighted by Crippen LogP contribution is -2.45. The van der Waals surface area contributed by atoms with Crippen LogP contribution in [0.1, 0.15) is 59.4 Å². The van der Waals surface area contributed by atoms with Gasteiger partial charge in [-0.1, -0.05) is 32.8 Å². The van der Waals surface area contributed by atoms with Gasteiger partial charge in [-0.2, -0.15) is 0 Å². The SMILES string of the molecule is CC(C)CCCC(C)NC(N)=NCc1ccc(N2CC(C)OC(C)C2)nc1.I. The molecule has 3 unspecified atom stereocenters. The number of nitrogens with one attached hydrogen (secondary N) is 1. The molecule has 6 nitrogen and oxygen atoms in total. The van der Waals surface area contributed by atoms with Gasteiger partial charge in [0.05, 0.1) is 18.8 Å². The number of hydrogen-bond acceptors (Lipinski definition) is 4. The van der Waals surface area contributed by atoms with E-state index in [4.69, 9.17) is 10.5 Å². The van der Waals surface area contributed by atoms with Crippen molar-refractivity contribution in [2.45, 2.75) is 78.7 Å². The molecule has 1 aromatic rings. The van der Waals surface area contributed by atoms with Crippen LogP contribution in [0.2, 0.25) is 0 Å². The first-order chi connectivity index (χ1) is 12.8. The van der Waals surface area contributed by atoms with E-state index in [-0.39, 0.29) is 36.2 Å². The van der Waals surface area contributed by atoms with Crippen LogP contribution in [0.25, 0.3) is 0 Å². The van der Waals surface area contributed by atoms with Crippen molar-refractivity contribution in [3.8, 4) is 0 Å². The predicted molar refractivity (Wildman–Crippen MR) is 128 cm³/mol. The van der Waals surface area contributed by atoms with Gasteiger partial charge in [0.15, 0.2) is 5.96 Å². The van der Waals surface area contributed by atoms with Gasteiger partial charge >= 0.3 is 0 Å². The molecule has 28 heavy (non-hydrogen) atoms. The summed E-state index contributed by atoms with van der Waals surface area (Å²) in [5.74, 6) is 2.25. The number of anilines is 1. The summed E-state index contributed by atoms with van der Waals surface area (Å²) >= 11 is 0. The summed E-state index contributed by atoms with van der Waals surface area (Å²) in [6.45, 7) is 13.2. The number of nitrogens with two attached hydrogens (primary N) is 1. The van der Waals surface area contributed by atoms with Gasteiger partial charge in [-0.3, -0.25) is 0 Å². The molecule has 0 spiro atoms. The van der Waals surface area contributed by atoms with Crippen molar-refractivity contribution in [1.29, 1.82) is 0 Å². The van der Waals surface area contributed by atoms with Crippen LogP contribution in [0.5, 0.6) is 0 Å². The van der Waals surface area contributed by atoms with Gasteiger partial charge in [-0.25, -0.2) is 9.98 Å². The quantitative estimate of drug-likeness (QED) is 0.320. The maximum absolute atomic E-state index is 6.03. The van der Waals surface area contributed by atoms with Crippen LogP contribution >= 0.6 is 24.0 Å². The van der Waals surface area contributed by atoms with Crippen LogP contribution in [0, 0.1) is 5.92 Å². The zero-order valence-electron chi connectivity index (χ0n) is 18.0. The molecular formula is C21H38IN5O. The summed E-state index contributed by atoms with van der Waals surface area (Å²) in [7, 11) is 0. The molecule has 1 saturated heterocycles. The number of hydrogen-bond donors (Lipinski definition) is 2. The van der Waals surface area contributed by atoms with Gasteiger partial charge in [0, 0.05) is 25.3 Å². The van der Waals surface area contributed by atoms with E-state index in [0.29, 0.717) is 18.5 Å². The monoisotopic (exact) mass is 503 g/mol. The minimum absolute atomic E-state index is 0. The van der Waals surface area contributed by atoms with Gasteiger partial charge in [0.25, 0.3) is 0 Å². The van der Waals surface area contributed by atoms with Gasteiger partial charge in [0.2, 0.25) is 0 Å². The van der Waals surface area contributed by atoms with Crippen molar-refractivity contribution in [1.82, 2.24) is 10.3 Å². The number of pyridine rings is 1. The molecule has 0 saturated carbocycles. The van der Waals surface area contributed by atoms with Crippen LogP contribution in [0.4, 0.5) is 5.82 Å². The van der Waals surface area contributed by atoms with Crippen molar-refractivity contribution in [3.05, 3.63) is 23.9 Å². The summed E-state index contributed by atoms with van der Waals surface area (Å²) in [6.07, 6.45) is 5.93. The number of halogens is 1. The van der Waals surface area contributed by atoms with Crippen LogP contribution < -0.4 is 16.0 Å². The number of aliphatic imine (C=N–C) groups is 1. The summed E-state index contributed by atoms with van der Waals surface area (Å²) in [4.78, 5) is 11.3. The van der Waals surface area contributed by atoms with Gasteiger partial charge in [0.1, 0.15) is 5.82 Å². The molecule has 160 valence electrons. The highest BCUT2D eigenvalue weighted by Gasteiger charge is 2.22. The predicted octanol–water partition coefficient (Wildman–Crippen LogP) is 3.93. The Morgan fingerprint density at radius 2 is 1.93 bits per heavy atom. The highest BCUT2D eigenvalue weighted by atomic mass is 127. The topological polar surface area (TPSA) is 75.8 Å². The normalized spacial score (nSPS) is 21.4. The van der Waals surface area contributed by atoms with E-state index in [9.17, 15) is 0 Å². The summed E-state index contributed by atoms with van der Waals surface area (Å²) in [5.41, 5.74) is 7.09. The maximum Gasteiger partial charge on any atom is 0.189 e. The lowest BCUT2D eigenvalue weighted by atomic mass is 10.0. The molecule has 2 heterocycles. The minimum atomic E-state index is 0. The average Bonchev–Trinajstić information content (AvgIpc) is 2.59. The molecule has 0 amide bonds. The minimum Gasteiger partial charge on any atom is -0.372 e. The van der Waals surface area contributed by atoms with Crippen LogP contribution in [0.15, 0.2) is 23.3 Å². The lowest BCUT2D eigenvalue weighted by molar-refractivity contribution is -0.00545. The Bertz CT molecular complexity index is 583. The molecule has 2 rings (SSSR count). The van der Waals surface area contributed by atoms with Crippen molar-refractivity contribution < 1.29 is 4.74 Å². The van der Waals surface area contributed by atoms with E-state index in [0.717, 1.165) is 36.8 Å². The van der Waals surface area contributed by atoms with Gasteiger partial charge in [-0.15, -0.1) is 24.0 Å². The summed E-state index contributed by atoms with van der Waals surface area (Å²) in [5, 5.41) is 3.28. The maximum atomic E-state index is 6.03.